The highest BCUT2D eigenvalue weighted by molar-refractivity contribution is 6.25. The van der Waals surface area contributed by atoms with Crippen LogP contribution in [0.5, 0.6) is 0 Å². The number of hydrogen-bond donors (Lipinski definition) is 0. The van der Waals surface area contributed by atoms with E-state index in [2.05, 4.69) is 4.98 Å². The fraction of sp³-hybridized carbons (Fsp3) is 0.333. The van der Waals surface area contributed by atoms with E-state index in [0.29, 0.717) is 0 Å². The molecule has 0 aliphatic carbocycles. The number of alkyl halides is 3. The zero-order valence-corrected chi connectivity index (χ0v) is 21.3. The van der Waals surface area contributed by atoms with Crippen molar-refractivity contribution < 1.29 is 37.0 Å². The molecule has 10 heteroatoms. The molecule has 196 valence electrons. The van der Waals surface area contributed by atoms with Crippen LogP contribution >= 0.6 is 0 Å². The third kappa shape index (κ3) is 6.84. The number of hydrogen-bond acceptors (Lipinski definition) is 6. The number of amides is 1. The second-order valence-corrected chi connectivity index (χ2v) is 10.3. The molecular weight excluding hydrogens is 489 g/mol. The lowest BCUT2D eigenvalue weighted by molar-refractivity contribution is -0.149. The number of anilines is 1. The van der Waals surface area contributed by atoms with Gasteiger partial charge in [-0.3, -0.25) is 14.7 Å². The van der Waals surface area contributed by atoms with Crippen molar-refractivity contribution in [2.24, 2.45) is 0 Å². The molecule has 1 aliphatic heterocycles. The number of benzene rings is 1. The number of carbonyl (C=O) groups excluding carboxylic acids is 3. The summed E-state index contributed by atoms with van der Waals surface area (Å²) in [5.74, 6) is -2.01. The van der Waals surface area contributed by atoms with Gasteiger partial charge < -0.3 is 9.47 Å². The van der Waals surface area contributed by atoms with Crippen LogP contribution in [0.2, 0.25) is 0 Å². The first-order chi connectivity index (χ1) is 17.0. The first-order valence-electron chi connectivity index (χ1n) is 11.3. The Hall–Kier alpha value is -3.95. The number of carbonyl (C=O) groups is 3. The summed E-state index contributed by atoms with van der Waals surface area (Å²) in [6, 6.07) is 3.97. The van der Waals surface area contributed by atoms with Crippen molar-refractivity contribution >= 4 is 35.3 Å². The molecule has 0 atom stereocenters. The lowest BCUT2D eigenvalue weighted by Crippen LogP contribution is -2.26. The van der Waals surface area contributed by atoms with E-state index in [1.54, 1.807) is 41.5 Å². The van der Waals surface area contributed by atoms with Crippen LogP contribution in [0, 0.1) is 0 Å². The largest absolute Gasteiger partial charge is 0.457 e. The van der Waals surface area contributed by atoms with Gasteiger partial charge in [0.25, 0.3) is 5.91 Å². The predicted octanol–water partition coefficient (Wildman–Crippen LogP) is 5.80. The van der Waals surface area contributed by atoms with Gasteiger partial charge in [-0.1, -0.05) is 0 Å². The molecule has 7 nitrogen and oxygen atoms in total. The number of rotatable bonds is 4. The normalized spacial score (nSPS) is 15.3. The van der Waals surface area contributed by atoms with Crippen LogP contribution in [0.15, 0.2) is 48.8 Å². The molecule has 1 aromatic heterocycles. The van der Waals surface area contributed by atoms with Gasteiger partial charge in [0.2, 0.25) is 0 Å². The Morgan fingerprint density at radius 2 is 1.46 bits per heavy atom. The Morgan fingerprint density at radius 3 is 2.00 bits per heavy atom. The average molecular weight is 517 g/mol. The van der Waals surface area contributed by atoms with Crippen molar-refractivity contribution in [2.75, 3.05) is 4.90 Å². The van der Waals surface area contributed by atoms with E-state index < -0.39 is 40.8 Å². The number of ether oxygens (including phenoxy) is 2. The average Bonchev–Trinajstić information content (AvgIpc) is 3.01. The highest BCUT2D eigenvalue weighted by atomic mass is 19.4. The molecule has 2 aromatic rings. The molecule has 1 aromatic carbocycles. The third-order valence-electron chi connectivity index (χ3n) is 4.83. The first-order valence-corrected chi connectivity index (χ1v) is 11.3. The van der Waals surface area contributed by atoms with Crippen LogP contribution in [0.1, 0.15) is 68.6 Å². The van der Waals surface area contributed by atoms with E-state index in [0.717, 1.165) is 41.3 Å². The van der Waals surface area contributed by atoms with Gasteiger partial charge in [-0.05, 0) is 71.9 Å². The van der Waals surface area contributed by atoms with Gasteiger partial charge in [0.1, 0.15) is 11.2 Å². The van der Waals surface area contributed by atoms with Crippen LogP contribution < -0.4 is 4.90 Å². The van der Waals surface area contributed by atoms with E-state index in [1.807, 2.05) is 0 Å². The van der Waals surface area contributed by atoms with Crippen LogP contribution in [-0.2, 0) is 25.2 Å². The Bertz CT molecular complexity index is 1280. The lowest BCUT2D eigenvalue weighted by atomic mass is 10.0. The predicted molar refractivity (Wildman–Crippen MR) is 131 cm³/mol. The molecule has 1 amide bonds. The standard InChI is InChI=1S/C27H27F3N2O5/c1-25(2,3)36-21(33)12-7-16-14-31-15-19-20(13-22(34)37-26(4,5)6)32(24(35)23(16)19)18-10-8-17(9-11-18)27(28,29)30/h7-15H,1-6H3/b12-7+,20-13+. The zero-order valence-electron chi connectivity index (χ0n) is 21.3. The highest BCUT2D eigenvalue weighted by Gasteiger charge is 2.37. The van der Waals surface area contributed by atoms with Crippen molar-refractivity contribution in [3.8, 4) is 0 Å². The summed E-state index contributed by atoms with van der Waals surface area (Å²) in [5, 5.41) is 0. The van der Waals surface area contributed by atoms with E-state index in [4.69, 9.17) is 9.47 Å². The monoisotopic (exact) mass is 516 g/mol. The summed E-state index contributed by atoms with van der Waals surface area (Å²) in [6.45, 7) is 10.1. The molecule has 3 rings (SSSR count). The maximum atomic E-state index is 13.6. The Labute approximate surface area is 212 Å². The van der Waals surface area contributed by atoms with Gasteiger partial charge in [-0.15, -0.1) is 0 Å². The molecule has 0 fully saturated rings. The minimum Gasteiger partial charge on any atom is -0.457 e. The van der Waals surface area contributed by atoms with Crippen molar-refractivity contribution in [3.63, 3.8) is 0 Å². The number of pyridine rings is 1. The van der Waals surface area contributed by atoms with E-state index in [9.17, 15) is 27.6 Å². The summed E-state index contributed by atoms with van der Waals surface area (Å²) in [7, 11) is 0. The van der Waals surface area contributed by atoms with Crippen molar-refractivity contribution in [3.05, 3.63) is 71.1 Å². The van der Waals surface area contributed by atoms with Crippen LogP contribution in [-0.4, -0.2) is 34.0 Å². The molecule has 0 N–H and O–H groups in total. The molecule has 0 spiro atoms. The molecule has 0 saturated heterocycles. The topological polar surface area (TPSA) is 85.8 Å². The fourth-order valence-corrected chi connectivity index (χ4v) is 3.51. The quantitative estimate of drug-likeness (QED) is 0.377. The van der Waals surface area contributed by atoms with Gasteiger partial charge in [-0.25, -0.2) is 9.59 Å². The highest BCUT2D eigenvalue weighted by Crippen LogP contribution is 2.39. The Morgan fingerprint density at radius 1 is 0.892 bits per heavy atom. The summed E-state index contributed by atoms with van der Waals surface area (Å²) in [6.07, 6.45) is 1.76. The molecule has 2 heterocycles. The minimum absolute atomic E-state index is 0.0778. The summed E-state index contributed by atoms with van der Waals surface area (Å²) >= 11 is 0. The van der Waals surface area contributed by atoms with E-state index in [1.165, 1.54) is 18.5 Å². The zero-order chi connectivity index (χ0) is 27.8. The molecule has 37 heavy (non-hydrogen) atoms. The number of esters is 2. The van der Waals surface area contributed by atoms with Crippen molar-refractivity contribution in [1.82, 2.24) is 4.98 Å². The van der Waals surface area contributed by atoms with Crippen molar-refractivity contribution in [1.29, 1.82) is 0 Å². The molecule has 0 bridgehead atoms. The third-order valence-corrected chi connectivity index (χ3v) is 4.83. The second-order valence-electron chi connectivity index (χ2n) is 10.3. The van der Waals surface area contributed by atoms with Crippen LogP contribution in [0.4, 0.5) is 18.9 Å². The molecule has 0 radical (unpaired) electrons. The number of aromatic nitrogens is 1. The van der Waals surface area contributed by atoms with Crippen molar-refractivity contribution in [2.45, 2.75) is 58.9 Å². The molecule has 1 aliphatic rings. The lowest BCUT2D eigenvalue weighted by Gasteiger charge is -2.21. The molecule has 0 unspecified atom stereocenters. The summed E-state index contributed by atoms with van der Waals surface area (Å²) in [5.41, 5.74) is -1.63. The number of halogens is 3. The summed E-state index contributed by atoms with van der Waals surface area (Å²) < 4.78 is 49.9. The smallest absolute Gasteiger partial charge is 0.416 e. The SMILES string of the molecule is CC(C)(C)OC(=O)/C=C/c1cncc2c1C(=O)N(c1ccc(C(F)(F)F)cc1)/C2=C/C(=O)OC(C)(C)C. The Balaban J connectivity index is 2.11. The minimum atomic E-state index is -4.56. The molecular formula is C27H27F3N2O5. The van der Waals surface area contributed by atoms with Crippen LogP contribution in [0.3, 0.4) is 0 Å². The van der Waals surface area contributed by atoms with Gasteiger partial charge >= 0.3 is 18.1 Å². The Kier molecular flexibility index (Phi) is 7.35. The second kappa shape index (κ2) is 9.84. The van der Waals surface area contributed by atoms with Crippen LogP contribution in [0.25, 0.3) is 11.8 Å². The van der Waals surface area contributed by atoms with Gasteiger partial charge in [0, 0.05) is 41.4 Å². The number of nitrogens with zero attached hydrogens (tertiary/aromatic N) is 2. The number of fused-ring (bicyclic) bond motifs is 1. The summed E-state index contributed by atoms with van der Waals surface area (Å²) in [4.78, 5) is 43.6. The van der Waals surface area contributed by atoms with E-state index in [-0.39, 0.29) is 28.1 Å². The van der Waals surface area contributed by atoms with E-state index >= 15 is 0 Å². The van der Waals surface area contributed by atoms with Gasteiger partial charge in [0.15, 0.2) is 0 Å². The van der Waals surface area contributed by atoms with Gasteiger partial charge in [-0.2, -0.15) is 13.2 Å². The fourth-order valence-electron chi connectivity index (χ4n) is 3.51. The van der Waals surface area contributed by atoms with Gasteiger partial charge in [0.05, 0.1) is 16.8 Å². The maximum absolute atomic E-state index is 13.6. The molecule has 0 saturated carbocycles. The maximum Gasteiger partial charge on any atom is 0.416 e. The first kappa shape index (κ1) is 27.6.